The Hall–Kier alpha value is -4.16. The van der Waals surface area contributed by atoms with Crippen molar-refractivity contribution in [3.63, 3.8) is 0 Å². The van der Waals surface area contributed by atoms with Gasteiger partial charge in [-0.3, -0.25) is 0 Å². The summed E-state index contributed by atoms with van der Waals surface area (Å²) in [6.45, 7) is 18.6. The molecule has 5 aromatic carbocycles. The summed E-state index contributed by atoms with van der Waals surface area (Å²) < 4.78 is 0. The predicted molar refractivity (Wildman–Crippen MR) is 172 cm³/mol. The monoisotopic (exact) mass is 496 g/mol. The number of benzene rings is 5. The third kappa shape index (κ3) is 6.58. The molecule has 1 aliphatic carbocycles. The Morgan fingerprint density at radius 3 is 1.79 bits per heavy atom. The number of allylic oxidation sites excluding steroid dienone is 7. The Labute approximate surface area is 229 Å². The van der Waals surface area contributed by atoms with Crippen molar-refractivity contribution >= 4 is 32.3 Å². The summed E-state index contributed by atoms with van der Waals surface area (Å²) in [4.78, 5) is 0. The first kappa shape index (κ1) is 28.4. The van der Waals surface area contributed by atoms with Crippen LogP contribution >= 0.6 is 0 Å². The molecular weight excluding hydrogens is 456 g/mol. The SMILES string of the molecule is C=CC.C=CC=C.CC1=CCC(C)(c2ccccc2)C=C1.Cc1ccc2ccc3cccc4ccc1c2c34. The molecule has 0 radical (unpaired) electrons. The minimum absolute atomic E-state index is 0.195. The fraction of sp³-hybridized carbons (Fsp3) is 0.158. The van der Waals surface area contributed by atoms with Crippen LogP contribution in [0.4, 0.5) is 0 Å². The lowest BCUT2D eigenvalue weighted by atomic mass is 9.76. The van der Waals surface area contributed by atoms with Crippen LogP contribution in [0.5, 0.6) is 0 Å². The Morgan fingerprint density at radius 1 is 0.684 bits per heavy atom. The maximum atomic E-state index is 3.36. The molecule has 0 aromatic heterocycles. The van der Waals surface area contributed by atoms with Gasteiger partial charge in [-0.25, -0.2) is 0 Å². The second-order valence-electron chi connectivity index (χ2n) is 9.89. The molecule has 0 fully saturated rings. The maximum absolute atomic E-state index is 3.36. The molecule has 0 amide bonds. The Morgan fingerprint density at radius 2 is 1.24 bits per heavy atom. The minimum Gasteiger partial charge on any atom is -0.103 e. The van der Waals surface area contributed by atoms with Crippen LogP contribution in [0.15, 0.2) is 147 Å². The molecule has 0 spiro atoms. The number of hydrogen-bond donors (Lipinski definition) is 0. The lowest BCUT2D eigenvalue weighted by Gasteiger charge is -2.28. The smallest absolute Gasteiger partial charge is 0.0141 e. The van der Waals surface area contributed by atoms with E-state index in [9.17, 15) is 0 Å². The highest BCUT2D eigenvalue weighted by Gasteiger charge is 2.23. The number of aryl methyl sites for hydroxylation is 1. The van der Waals surface area contributed by atoms with E-state index in [0.717, 1.165) is 6.42 Å². The van der Waals surface area contributed by atoms with Crippen LogP contribution in [0.1, 0.15) is 38.3 Å². The number of rotatable bonds is 2. The topological polar surface area (TPSA) is 0 Å². The molecular formula is C38H40. The molecule has 0 bridgehead atoms. The summed E-state index contributed by atoms with van der Waals surface area (Å²) in [6, 6.07) is 30.6. The van der Waals surface area contributed by atoms with Gasteiger partial charge in [0.05, 0.1) is 0 Å². The summed E-state index contributed by atoms with van der Waals surface area (Å²) in [7, 11) is 0. The van der Waals surface area contributed by atoms with Crippen LogP contribution in [0.2, 0.25) is 0 Å². The van der Waals surface area contributed by atoms with E-state index >= 15 is 0 Å². The van der Waals surface area contributed by atoms with E-state index < -0.39 is 0 Å². The first-order chi connectivity index (χ1) is 18.4. The third-order valence-corrected chi connectivity index (χ3v) is 6.91. The van der Waals surface area contributed by atoms with E-state index in [-0.39, 0.29) is 5.41 Å². The molecule has 6 rings (SSSR count). The van der Waals surface area contributed by atoms with Gasteiger partial charge in [0.25, 0.3) is 0 Å². The van der Waals surface area contributed by atoms with Crippen molar-refractivity contribution in [2.45, 2.75) is 39.5 Å². The van der Waals surface area contributed by atoms with Crippen molar-refractivity contribution in [1.82, 2.24) is 0 Å². The van der Waals surface area contributed by atoms with Crippen LogP contribution in [0.3, 0.4) is 0 Å². The average Bonchev–Trinajstić information content (AvgIpc) is 2.96. The minimum atomic E-state index is 0.195. The van der Waals surface area contributed by atoms with E-state index in [1.807, 2.05) is 6.92 Å². The molecule has 0 saturated heterocycles. The van der Waals surface area contributed by atoms with Crippen LogP contribution in [0, 0.1) is 6.92 Å². The summed E-state index contributed by atoms with van der Waals surface area (Å²) in [6.07, 6.45) is 13.0. The maximum Gasteiger partial charge on any atom is 0.0141 e. The van der Waals surface area contributed by atoms with Crippen molar-refractivity contribution in [2.24, 2.45) is 0 Å². The van der Waals surface area contributed by atoms with Crippen LogP contribution < -0.4 is 0 Å². The van der Waals surface area contributed by atoms with Gasteiger partial charge in [-0.1, -0.05) is 147 Å². The zero-order valence-electron chi connectivity index (χ0n) is 23.4. The standard InChI is InChI=1S/C17H12.C14H16.C4H6.C3H6/c1-11-5-6-14-8-7-12-3-2-4-13-9-10-15(11)17(14)16(12)13;1-12-8-10-14(2,11-9-12)13-6-4-3-5-7-13;1-3-4-2;1-3-2/h2-10H,1H3;3-10H,11H2,1-2H3;3-4H,1-2H2;3H,1H2,2H3. The second-order valence-corrected chi connectivity index (χ2v) is 9.89. The van der Waals surface area contributed by atoms with Crippen molar-refractivity contribution < 1.29 is 0 Å². The third-order valence-electron chi connectivity index (χ3n) is 6.91. The first-order valence-electron chi connectivity index (χ1n) is 13.2. The summed E-state index contributed by atoms with van der Waals surface area (Å²) in [5.74, 6) is 0. The molecule has 1 aliphatic rings. The Balaban J connectivity index is 0.000000172. The zero-order chi connectivity index (χ0) is 27.5. The highest BCUT2D eigenvalue weighted by molar-refractivity contribution is 6.23. The van der Waals surface area contributed by atoms with Gasteiger partial charge in [-0.2, -0.15) is 0 Å². The molecule has 0 heteroatoms. The first-order valence-corrected chi connectivity index (χ1v) is 13.2. The Bertz CT molecular complexity index is 1540. The highest BCUT2D eigenvalue weighted by atomic mass is 14.3. The van der Waals surface area contributed by atoms with Gasteiger partial charge in [0.15, 0.2) is 0 Å². The van der Waals surface area contributed by atoms with Crippen molar-refractivity contribution in [1.29, 1.82) is 0 Å². The van der Waals surface area contributed by atoms with Gasteiger partial charge in [0.1, 0.15) is 0 Å². The van der Waals surface area contributed by atoms with Crippen LogP contribution in [-0.2, 0) is 5.41 Å². The van der Waals surface area contributed by atoms with Crippen molar-refractivity contribution in [2.75, 3.05) is 0 Å². The van der Waals surface area contributed by atoms with Crippen molar-refractivity contribution in [3.8, 4) is 0 Å². The van der Waals surface area contributed by atoms with E-state index in [4.69, 9.17) is 0 Å². The quantitative estimate of drug-likeness (QED) is 0.129. The number of hydrogen-bond acceptors (Lipinski definition) is 0. The predicted octanol–water partition coefficient (Wildman–Crippen LogP) is 11.3. The van der Waals surface area contributed by atoms with Gasteiger partial charge < -0.3 is 0 Å². The fourth-order valence-corrected chi connectivity index (χ4v) is 4.74. The highest BCUT2D eigenvalue weighted by Crippen LogP contribution is 2.35. The van der Waals surface area contributed by atoms with E-state index in [1.54, 1.807) is 18.2 Å². The molecule has 0 heterocycles. The molecule has 0 nitrogen and oxygen atoms in total. The van der Waals surface area contributed by atoms with Gasteiger partial charge in [0.2, 0.25) is 0 Å². The van der Waals surface area contributed by atoms with Crippen molar-refractivity contribution in [3.05, 3.63) is 158 Å². The summed E-state index contributed by atoms with van der Waals surface area (Å²) in [5, 5.41) is 8.23. The van der Waals surface area contributed by atoms with E-state index in [0.29, 0.717) is 0 Å². The Kier molecular flexibility index (Phi) is 10.0. The molecule has 192 valence electrons. The summed E-state index contributed by atoms with van der Waals surface area (Å²) in [5.41, 5.74) is 4.33. The lowest BCUT2D eigenvalue weighted by molar-refractivity contribution is 0.596. The normalized spacial score (nSPS) is 15.7. The van der Waals surface area contributed by atoms with Gasteiger partial charge in [-0.05, 0) is 70.6 Å². The van der Waals surface area contributed by atoms with E-state index in [1.165, 1.54) is 49.0 Å². The molecule has 5 aromatic rings. The molecule has 1 atom stereocenters. The van der Waals surface area contributed by atoms with Crippen LogP contribution in [0.25, 0.3) is 32.3 Å². The van der Waals surface area contributed by atoms with Gasteiger partial charge in [0, 0.05) is 5.41 Å². The molecule has 0 saturated carbocycles. The molecule has 0 aliphatic heterocycles. The average molecular weight is 497 g/mol. The van der Waals surface area contributed by atoms with Crippen LogP contribution in [-0.4, -0.2) is 0 Å². The van der Waals surface area contributed by atoms with Gasteiger partial charge in [-0.15, -0.1) is 6.58 Å². The zero-order valence-corrected chi connectivity index (χ0v) is 23.4. The summed E-state index contributed by atoms with van der Waals surface area (Å²) >= 11 is 0. The molecule has 0 N–H and O–H groups in total. The molecule has 38 heavy (non-hydrogen) atoms. The second kappa shape index (κ2) is 13.4. The molecule has 1 unspecified atom stereocenters. The van der Waals surface area contributed by atoms with E-state index in [2.05, 4.69) is 144 Å². The fourth-order valence-electron chi connectivity index (χ4n) is 4.74. The largest absolute Gasteiger partial charge is 0.103 e. The van der Waals surface area contributed by atoms with Gasteiger partial charge >= 0.3 is 0 Å². The lowest BCUT2D eigenvalue weighted by Crippen LogP contribution is -2.19.